The second kappa shape index (κ2) is 10.0. The Balaban J connectivity index is 1.91. The molecule has 136 valence electrons. The molecule has 6 nitrogen and oxygen atoms in total. The normalized spacial score (nSPS) is 11.4. The Morgan fingerprint density at radius 3 is 2.68 bits per heavy atom. The number of aryl methyl sites for hydroxylation is 2. The largest absolute Gasteiger partial charge is 0.491 e. The molecule has 1 aromatic carbocycles. The number of nitrogens with one attached hydrogen (secondary N) is 2. The van der Waals surface area contributed by atoms with Gasteiger partial charge in [0, 0.05) is 37.3 Å². The van der Waals surface area contributed by atoms with Gasteiger partial charge in [0.1, 0.15) is 12.4 Å². The van der Waals surface area contributed by atoms with E-state index in [0.717, 1.165) is 22.3 Å². The predicted octanol–water partition coefficient (Wildman–Crippen LogP) is 2.65. The molecule has 0 saturated heterocycles. The fourth-order valence-corrected chi connectivity index (χ4v) is 2.97. The van der Waals surface area contributed by atoms with Gasteiger partial charge in [0.2, 0.25) is 0 Å². The van der Waals surface area contributed by atoms with E-state index in [0.29, 0.717) is 26.3 Å². The highest BCUT2D eigenvalue weighted by molar-refractivity contribution is 7.11. The lowest BCUT2D eigenvalue weighted by molar-refractivity contribution is 0.145. The van der Waals surface area contributed by atoms with Crippen LogP contribution in [0.4, 0.5) is 0 Å². The van der Waals surface area contributed by atoms with E-state index >= 15 is 0 Å². The van der Waals surface area contributed by atoms with Crippen molar-refractivity contribution in [1.82, 2.24) is 15.6 Å². The van der Waals surface area contributed by atoms with Crippen LogP contribution in [0.15, 0.2) is 29.4 Å². The van der Waals surface area contributed by atoms with Crippen molar-refractivity contribution in [1.29, 1.82) is 0 Å². The van der Waals surface area contributed by atoms with E-state index in [1.54, 1.807) is 25.5 Å². The molecule has 0 aliphatic rings. The van der Waals surface area contributed by atoms with Crippen molar-refractivity contribution in [2.24, 2.45) is 4.99 Å². The third-order valence-electron chi connectivity index (χ3n) is 3.54. The van der Waals surface area contributed by atoms with Crippen molar-refractivity contribution < 1.29 is 9.47 Å². The molecule has 2 aromatic rings. The maximum Gasteiger partial charge on any atom is 0.191 e. The molecule has 0 aliphatic heterocycles. The Labute approximate surface area is 153 Å². The molecule has 0 spiro atoms. The first-order chi connectivity index (χ1) is 12.1. The summed E-state index contributed by atoms with van der Waals surface area (Å²) in [6.07, 6.45) is 1.89. The van der Waals surface area contributed by atoms with E-state index in [9.17, 15) is 0 Å². The van der Waals surface area contributed by atoms with Gasteiger partial charge in [-0.1, -0.05) is 12.1 Å². The van der Waals surface area contributed by atoms with Gasteiger partial charge in [-0.15, -0.1) is 11.3 Å². The smallest absolute Gasteiger partial charge is 0.191 e. The van der Waals surface area contributed by atoms with Crippen LogP contribution < -0.4 is 15.4 Å². The van der Waals surface area contributed by atoms with Crippen LogP contribution in [0.1, 0.15) is 21.0 Å². The Morgan fingerprint density at radius 2 is 2.00 bits per heavy atom. The molecule has 0 saturated carbocycles. The molecule has 2 rings (SSSR count). The molecule has 25 heavy (non-hydrogen) atoms. The number of hydrogen-bond donors (Lipinski definition) is 2. The van der Waals surface area contributed by atoms with Crippen LogP contribution >= 0.6 is 11.3 Å². The summed E-state index contributed by atoms with van der Waals surface area (Å²) in [5, 5.41) is 7.69. The third-order valence-corrected chi connectivity index (χ3v) is 4.45. The Kier molecular flexibility index (Phi) is 7.69. The van der Waals surface area contributed by atoms with E-state index < -0.39 is 0 Å². The van der Waals surface area contributed by atoms with Gasteiger partial charge in [-0.25, -0.2) is 4.98 Å². The summed E-state index contributed by atoms with van der Waals surface area (Å²) in [5.41, 5.74) is 2.25. The number of ether oxygens (including phenoxy) is 2. The van der Waals surface area contributed by atoms with E-state index in [4.69, 9.17) is 9.47 Å². The second-order valence-electron chi connectivity index (χ2n) is 5.58. The second-order valence-corrected chi connectivity index (χ2v) is 6.90. The number of thiazole rings is 1. The maximum atomic E-state index is 5.82. The summed E-state index contributed by atoms with van der Waals surface area (Å²) in [7, 11) is 3.43. The molecule has 0 fully saturated rings. The van der Waals surface area contributed by atoms with Crippen LogP contribution in [-0.2, 0) is 17.8 Å². The van der Waals surface area contributed by atoms with Crippen molar-refractivity contribution in [3.05, 3.63) is 45.4 Å². The van der Waals surface area contributed by atoms with Crippen molar-refractivity contribution in [3.63, 3.8) is 0 Å². The van der Waals surface area contributed by atoms with Gasteiger partial charge in [-0.2, -0.15) is 0 Å². The van der Waals surface area contributed by atoms with Crippen LogP contribution in [-0.4, -0.2) is 38.3 Å². The predicted molar refractivity (Wildman–Crippen MR) is 102 cm³/mol. The molecule has 1 aromatic heterocycles. The quantitative estimate of drug-likeness (QED) is 0.429. The minimum Gasteiger partial charge on any atom is -0.491 e. The highest BCUT2D eigenvalue weighted by Gasteiger charge is 2.06. The molecule has 0 unspecified atom stereocenters. The van der Waals surface area contributed by atoms with Crippen LogP contribution in [0.3, 0.4) is 0 Å². The van der Waals surface area contributed by atoms with Crippen molar-refractivity contribution in [3.8, 4) is 5.75 Å². The zero-order valence-electron chi connectivity index (χ0n) is 15.3. The summed E-state index contributed by atoms with van der Waals surface area (Å²) < 4.78 is 10.9. The van der Waals surface area contributed by atoms with Gasteiger partial charge < -0.3 is 20.1 Å². The molecule has 0 amide bonds. The van der Waals surface area contributed by atoms with Gasteiger partial charge in [0.15, 0.2) is 5.96 Å². The highest BCUT2D eigenvalue weighted by atomic mass is 32.1. The number of guanidine groups is 1. The monoisotopic (exact) mass is 362 g/mol. The molecular weight excluding hydrogens is 336 g/mol. The van der Waals surface area contributed by atoms with Crippen LogP contribution in [0.2, 0.25) is 0 Å². The molecular formula is C18H26N4O2S. The summed E-state index contributed by atoms with van der Waals surface area (Å²) in [4.78, 5) is 9.71. The standard InChI is InChI=1S/C18H26N4O2S/c1-13-5-6-15(17(9-13)24-8-7-23-4)10-21-18(19-3)22-12-16-11-20-14(2)25-16/h5-6,9,11H,7-8,10,12H2,1-4H3,(H2,19,21,22). The zero-order valence-corrected chi connectivity index (χ0v) is 16.1. The number of benzene rings is 1. The first-order valence-corrected chi connectivity index (χ1v) is 9.01. The molecule has 0 aliphatic carbocycles. The number of methoxy groups -OCH3 is 1. The molecule has 0 radical (unpaired) electrons. The van der Waals surface area contributed by atoms with Crippen molar-refractivity contribution >= 4 is 17.3 Å². The van der Waals surface area contributed by atoms with Gasteiger partial charge in [-0.05, 0) is 25.5 Å². The summed E-state index contributed by atoms with van der Waals surface area (Å²) in [5.74, 6) is 1.62. The summed E-state index contributed by atoms with van der Waals surface area (Å²) in [6, 6.07) is 6.20. The van der Waals surface area contributed by atoms with Gasteiger partial charge >= 0.3 is 0 Å². The molecule has 1 heterocycles. The van der Waals surface area contributed by atoms with Gasteiger partial charge in [0.25, 0.3) is 0 Å². The fourth-order valence-electron chi connectivity index (χ4n) is 2.23. The van der Waals surface area contributed by atoms with E-state index in [2.05, 4.69) is 39.7 Å². The Morgan fingerprint density at radius 1 is 1.20 bits per heavy atom. The molecule has 7 heteroatoms. The van der Waals surface area contributed by atoms with Crippen LogP contribution in [0, 0.1) is 13.8 Å². The Hall–Kier alpha value is -2.12. The lowest BCUT2D eigenvalue weighted by Crippen LogP contribution is -2.36. The van der Waals surface area contributed by atoms with Gasteiger partial charge in [0.05, 0.1) is 18.2 Å². The SMILES string of the molecule is CN=C(NCc1cnc(C)s1)NCc1ccc(C)cc1OCCOC. The number of rotatable bonds is 8. The average molecular weight is 362 g/mol. The summed E-state index contributed by atoms with van der Waals surface area (Å²) in [6.45, 7) is 6.49. The number of nitrogens with zero attached hydrogens (tertiary/aromatic N) is 2. The van der Waals surface area contributed by atoms with Crippen LogP contribution in [0.25, 0.3) is 0 Å². The molecule has 0 atom stereocenters. The van der Waals surface area contributed by atoms with Crippen molar-refractivity contribution in [2.75, 3.05) is 27.4 Å². The minimum absolute atomic E-state index is 0.532. The maximum absolute atomic E-state index is 5.82. The average Bonchev–Trinajstić information content (AvgIpc) is 3.02. The minimum atomic E-state index is 0.532. The first kappa shape index (κ1) is 19.2. The summed E-state index contributed by atoms with van der Waals surface area (Å²) >= 11 is 1.68. The van der Waals surface area contributed by atoms with E-state index in [1.807, 2.05) is 19.2 Å². The number of hydrogen-bond acceptors (Lipinski definition) is 5. The van der Waals surface area contributed by atoms with Crippen molar-refractivity contribution in [2.45, 2.75) is 26.9 Å². The number of aliphatic imine (C=N–C) groups is 1. The fraction of sp³-hybridized carbons (Fsp3) is 0.444. The van der Waals surface area contributed by atoms with Gasteiger partial charge in [-0.3, -0.25) is 4.99 Å². The topological polar surface area (TPSA) is 67.8 Å². The van der Waals surface area contributed by atoms with E-state index in [-0.39, 0.29) is 0 Å². The lowest BCUT2D eigenvalue weighted by Gasteiger charge is -2.15. The molecule has 2 N–H and O–H groups in total. The zero-order chi connectivity index (χ0) is 18.1. The third kappa shape index (κ3) is 6.36. The van der Waals surface area contributed by atoms with Crippen LogP contribution in [0.5, 0.6) is 5.75 Å². The Bertz CT molecular complexity index is 700. The molecule has 0 bridgehead atoms. The first-order valence-electron chi connectivity index (χ1n) is 8.19. The highest BCUT2D eigenvalue weighted by Crippen LogP contribution is 2.20. The lowest BCUT2D eigenvalue weighted by atomic mass is 10.1. The number of aromatic nitrogens is 1. The van der Waals surface area contributed by atoms with E-state index in [1.165, 1.54) is 10.4 Å².